The van der Waals surface area contributed by atoms with Gasteiger partial charge in [0.15, 0.2) is 0 Å². The van der Waals surface area contributed by atoms with Crippen molar-refractivity contribution >= 4 is 29.3 Å². The van der Waals surface area contributed by atoms with Crippen molar-refractivity contribution in [2.75, 3.05) is 24.7 Å². The number of nitrogens with zero attached hydrogens (tertiary/aromatic N) is 1. The summed E-state index contributed by atoms with van der Waals surface area (Å²) < 4.78 is 5.51. The average molecular weight is 296 g/mol. The van der Waals surface area contributed by atoms with Gasteiger partial charge >= 0.3 is 5.97 Å². The van der Waals surface area contributed by atoms with Crippen LogP contribution in [0.1, 0.15) is 18.9 Å². The molecule has 0 aromatic heterocycles. The van der Waals surface area contributed by atoms with Crippen LogP contribution in [0, 0.1) is 0 Å². The predicted octanol–water partition coefficient (Wildman–Crippen LogP) is 3.05. The molecule has 1 N–H and O–H groups in total. The molecule has 1 fully saturated rings. The van der Waals surface area contributed by atoms with Crippen LogP contribution in [0.15, 0.2) is 24.3 Å². The van der Waals surface area contributed by atoms with Crippen LogP contribution in [0.25, 0.3) is 6.08 Å². The Balaban J connectivity index is 2.37. The number of carboxylic acid groups (broad SMARTS) is 1. The molecular weight excluding hydrogens is 278 g/mol. The minimum atomic E-state index is -0.958. The van der Waals surface area contributed by atoms with Crippen LogP contribution in [-0.4, -0.2) is 36.9 Å². The molecule has 1 saturated heterocycles. The highest BCUT2D eigenvalue weighted by molar-refractivity contribution is 6.31. The maximum atomic E-state index is 10.7. The van der Waals surface area contributed by atoms with Crippen molar-refractivity contribution in [3.8, 4) is 0 Å². The Bertz CT molecular complexity index is 516. The smallest absolute Gasteiger partial charge is 0.328 e. The van der Waals surface area contributed by atoms with Gasteiger partial charge in [0.05, 0.1) is 19.3 Å². The number of rotatable bonds is 4. The summed E-state index contributed by atoms with van der Waals surface area (Å²) >= 11 is 6.09. The Kier molecular flexibility index (Phi) is 5.04. The Morgan fingerprint density at radius 3 is 3.10 bits per heavy atom. The first-order valence-corrected chi connectivity index (χ1v) is 7.04. The molecule has 2 rings (SSSR count). The molecule has 1 aromatic rings. The van der Waals surface area contributed by atoms with Crippen molar-refractivity contribution in [1.82, 2.24) is 0 Å². The SMILES string of the molecule is CCC1COCCN1c1cc(Cl)ccc1/C=C/C(=O)O. The van der Waals surface area contributed by atoms with Crippen LogP contribution in [0.2, 0.25) is 5.02 Å². The number of aliphatic carboxylic acids is 1. The molecule has 1 aliphatic rings. The molecule has 0 saturated carbocycles. The first-order valence-electron chi connectivity index (χ1n) is 6.66. The molecule has 4 nitrogen and oxygen atoms in total. The molecule has 0 radical (unpaired) electrons. The lowest BCUT2D eigenvalue weighted by atomic mass is 10.1. The second-order valence-electron chi connectivity index (χ2n) is 4.71. The second kappa shape index (κ2) is 6.77. The van der Waals surface area contributed by atoms with Gasteiger partial charge in [-0.05, 0) is 30.2 Å². The summed E-state index contributed by atoms with van der Waals surface area (Å²) in [6, 6.07) is 5.80. The molecule has 0 bridgehead atoms. The van der Waals surface area contributed by atoms with Gasteiger partial charge in [-0.1, -0.05) is 24.6 Å². The van der Waals surface area contributed by atoms with Gasteiger partial charge < -0.3 is 14.7 Å². The fourth-order valence-corrected chi connectivity index (χ4v) is 2.54. The maximum absolute atomic E-state index is 10.7. The number of hydrogen-bond acceptors (Lipinski definition) is 3. The minimum absolute atomic E-state index is 0.291. The van der Waals surface area contributed by atoms with E-state index in [4.69, 9.17) is 21.4 Å². The summed E-state index contributed by atoms with van der Waals surface area (Å²) in [6.07, 6.45) is 3.72. The van der Waals surface area contributed by atoms with E-state index in [9.17, 15) is 4.79 Å². The van der Waals surface area contributed by atoms with E-state index in [1.807, 2.05) is 12.1 Å². The van der Waals surface area contributed by atoms with Crippen molar-refractivity contribution < 1.29 is 14.6 Å². The van der Waals surface area contributed by atoms with Crippen LogP contribution in [0.3, 0.4) is 0 Å². The highest BCUT2D eigenvalue weighted by atomic mass is 35.5. The first kappa shape index (κ1) is 14.9. The summed E-state index contributed by atoms with van der Waals surface area (Å²) in [5, 5.41) is 9.43. The van der Waals surface area contributed by atoms with E-state index in [0.717, 1.165) is 30.3 Å². The summed E-state index contributed by atoms with van der Waals surface area (Å²) in [4.78, 5) is 12.9. The molecule has 0 amide bonds. The zero-order valence-electron chi connectivity index (χ0n) is 11.4. The van der Waals surface area contributed by atoms with Crippen molar-refractivity contribution in [2.24, 2.45) is 0 Å². The maximum Gasteiger partial charge on any atom is 0.328 e. The average Bonchev–Trinajstić information content (AvgIpc) is 2.45. The summed E-state index contributed by atoms with van der Waals surface area (Å²) in [5.41, 5.74) is 1.82. The van der Waals surface area contributed by atoms with Crippen LogP contribution < -0.4 is 4.90 Å². The van der Waals surface area contributed by atoms with E-state index in [1.165, 1.54) is 0 Å². The zero-order chi connectivity index (χ0) is 14.5. The standard InChI is InChI=1S/C15H18ClNO3/c1-2-13-10-20-8-7-17(13)14-9-12(16)5-3-11(14)4-6-15(18)19/h3-6,9,13H,2,7-8,10H2,1H3,(H,18,19)/b6-4+. The lowest BCUT2D eigenvalue weighted by Gasteiger charge is -2.37. The third kappa shape index (κ3) is 3.52. The first-order chi connectivity index (χ1) is 9.61. The molecule has 0 spiro atoms. The number of halogens is 1. The van der Waals surface area contributed by atoms with Crippen LogP contribution in [-0.2, 0) is 9.53 Å². The molecule has 20 heavy (non-hydrogen) atoms. The minimum Gasteiger partial charge on any atom is -0.478 e. The highest BCUT2D eigenvalue weighted by Gasteiger charge is 2.23. The number of ether oxygens (including phenoxy) is 1. The third-order valence-corrected chi connectivity index (χ3v) is 3.64. The van der Waals surface area contributed by atoms with E-state index < -0.39 is 5.97 Å². The third-order valence-electron chi connectivity index (χ3n) is 3.41. The normalized spacial score (nSPS) is 19.5. The lowest BCUT2D eigenvalue weighted by molar-refractivity contribution is -0.131. The van der Waals surface area contributed by atoms with Gasteiger partial charge in [0.2, 0.25) is 0 Å². The molecule has 5 heteroatoms. The van der Waals surface area contributed by atoms with Gasteiger partial charge in [-0.15, -0.1) is 0 Å². The number of hydrogen-bond donors (Lipinski definition) is 1. The molecular formula is C15H18ClNO3. The number of carbonyl (C=O) groups is 1. The topological polar surface area (TPSA) is 49.8 Å². The second-order valence-corrected chi connectivity index (χ2v) is 5.14. The molecule has 1 aliphatic heterocycles. The molecule has 1 heterocycles. The van der Waals surface area contributed by atoms with Crippen LogP contribution in [0.4, 0.5) is 5.69 Å². The predicted molar refractivity (Wildman–Crippen MR) is 80.4 cm³/mol. The molecule has 1 unspecified atom stereocenters. The number of anilines is 1. The fourth-order valence-electron chi connectivity index (χ4n) is 2.38. The summed E-state index contributed by atoms with van der Waals surface area (Å²) in [7, 11) is 0. The number of benzene rings is 1. The van der Waals surface area contributed by atoms with Crippen molar-refractivity contribution in [3.63, 3.8) is 0 Å². The van der Waals surface area contributed by atoms with Gasteiger partial charge in [0.25, 0.3) is 0 Å². The largest absolute Gasteiger partial charge is 0.478 e. The van der Waals surface area contributed by atoms with Gasteiger partial charge in [-0.3, -0.25) is 0 Å². The van der Waals surface area contributed by atoms with Gasteiger partial charge in [-0.25, -0.2) is 4.79 Å². The highest BCUT2D eigenvalue weighted by Crippen LogP contribution is 2.29. The van der Waals surface area contributed by atoms with E-state index in [2.05, 4.69) is 11.8 Å². The lowest BCUT2D eigenvalue weighted by Crippen LogP contribution is -2.45. The van der Waals surface area contributed by atoms with Crippen molar-refractivity contribution in [1.29, 1.82) is 0 Å². The van der Waals surface area contributed by atoms with Crippen LogP contribution >= 0.6 is 11.6 Å². The number of morpholine rings is 1. The molecule has 1 atom stereocenters. The fraction of sp³-hybridized carbons (Fsp3) is 0.400. The van der Waals surface area contributed by atoms with Crippen molar-refractivity contribution in [2.45, 2.75) is 19.4 Å². The van der Waals surface area contributed by atoms with E-state index >= 15 is 0 Å². The Morgan fingerprint density at radius 2 is 2.40 bits per heavy atom. The van der Waals surface area contributed by atoms with E-state index in [0.29, 0.717) is 24.3 Å². The van der Waals surface area contributed by atoms with Crippen LogP contribution in [0.5, 0.6) is 0 Å². The Morgan fingerprint density at radius 1 is 1.60 bits per heavy atom. The summed E-state index contributed by atoms with van der Waals surface area (Å²) in [6.45, 7) is 4.26. The quantitative estimate of drug-likeness (QED) is 0.868. The Labute approximate surface area is 123 Å². The molecule has 108 valence electrons. The molecule has 1 aromatic carbocycles. The van der Waals surface area contributed by atoms with E-state index in [1.54, 1.807) is 12.1 Å². The summed E-state index contributed by atoms with van der Waals surface area (Å²) in [5.74, 6) is -0.958. The van der Waals surface area contributed by atoms with Crippen molar-refractivity contribution in [3.05, 3.63) is 34.9 Å². The van der Waals surface area contributed by atoms with Gasteiger partial charge in [0, 0.05) is 23.3 Å². The van der Waals surface area contributed by atoms with Gasteiger partial charge in [-0.2, -0.15) is 0 Å². The zero-order valence-corrected chi connectivity index (χ0v) is 12.1. The van der Waals surface area contributed by atoms with E-state index in [-0.39, 0.29) is 0 Å². The molecule has 0 aliphatic carbocycles. The van der Waals surface area contributed by atoms with Gasteiger partial charge in [0.1, 0.15) is 0 Å². The Hall–Kier alpha value is -1.52. The number of carboxylic acids is 1. The monoisotopic (exact) mass is 295 g/mol.